The van der Waals surface area contributed by atoms with Gasteiger partial charge in [-0.25, -0.2) is 4.79 Å². The number of benzene rings is 1. The molecular formula is C35H57N7O11. The summed E-state index contributed by atoms with van der Waals surface area (Å²) in [5.41, 5.74) is 1.19. The maximum atomic E-state index is 12.1. The second-order valence-corrected chi connectivity index (χ2v) is 12.3. The minimum absolute atomic E-state index is 0.118. The molecule has 0 bridgehead atoms. The number of hydrogen-bond acceptors (Lipinski definition) is 15. The average molecular weight is 752 g/mol. The van der Waals surface area contributed by atoms with Crippen LogP contribution in [0.2, 0.25) is 0 Å². The summed E-state index contributed by atoms with van der Waals surface area (Å²) >= 11 is 0. The van der Waals surface area contributed by atoms with Crippen molar-refractivity contribution in [2.75, 3.05) is 106 Å². The van der Waals surface area contributed by atoms with Gasteiger partial charge in [0.25, 0.3) is 0 Å². The number of rotatable bonds is 31. The molecule has 1 heterocycles. The van der Waals surface area contributed by atoms with E-state index < -0.39 is 11.7 Å². The quantitative estimate of drug-likeness (QED) is 0.0932. The Hall–Kier alpha value is -3.91. The van der Waals surface area contributed by atoms with E-state index in [0.717, 1.165) is 11.1 Å². The number of nitrogens with zero attached hydrogens (tertiary/aromatic N) is 4. The Balaban J connectivity index is 1.24. The van der Waals surface area contributed by atoms with Crippen LogP contribution < -0.4 is 16.0 Å². The largest absolute Gasteiger partial charge is 0.444 e. The summed E-state index contributed by atoms with van der Waals surface area (Å²) in [6.07, 6.45) is 1.78. The van der Waals surface area contributed by atoms with Crippen LogP contribution in [0.3, 0.4) is 0 Å². The fourth-order valence-corrected chi connectivity index (χ4v) is 4.10. The van der Waals surface area contributed by atoms with Crippen molar-refractivity contribution in [3.63, 3.8) is 0 Å². The molecule has 0 saturated carbocycles. The molecule has 0 saturated heterocycles. The van der Waals surface area contributed by atoms with E-state index in [0.29, 0.717) is 124 Å². The van der Waals surface area contributed by atoms with Crippen LogP contribution >= 0.6 is 0 Å². The first-order valence-corrected chi connectivity index (χ1v) is 17.9. The Morgan fingerprint density at radius 3 is 1.43 bits per heavy atom. The fraction of sp³-hybridized carbons (Fsp3) is 0.686. The number of amides is 3. The third kappa shape index (κ3) is 26.5. The van der Waals surface area contributed by atoms with E-state index in [2.05, 4.69) is 36.3 Å². The maximum Gasteiger partial charge on any atom is 0.407 e. The number of ether oxygens (including phenoxy) is 8. The first-order valence-electron chi connectivity index (χ1n) is 17.9. The van der Waals surface area contributed by atoms with Gasteiger partial charge >= 0.3 is 6.09 Å². The summed E-state index contributed by atoms with van der Waals surface area (Å²) in [7, 11) is 0. The Morgan fingerprint density at radius 1 is 0.566 bits per heavy atom. The topological polar surface area (TPSA) is 213 Å². The molecule has 0 fully saturated rings. The molecule has 0 aliphatic heterocycles. The van der Waals surface area contributed by atoms with E-state index >= 15 is 0 Å². The van der Waals surface area contributed by atoms with Gasteiger partial charge < -0.3 is 53.8 Å². The number of hydrogen-bond donors (Lipinski definition) is 3. The van der Waals surface area contributed by atoms with E-state index in [1.54, 1.807) is 0 Å². The summed E-state index contributed by atoms with van der Waals surface area (Å²) < 4.78 is 43.3. The molecule has 3 amide bonds. The Morgan fingerprint density at radius 2 is 0.981 bits per heavy atom. The maximum absolute atomic E-state index is 12.1. The van der Waals surface area contributed by atoms with E-state index in [-0.39, 0.29) is 24.7 Å². The van der Waals surface area contributed by atoms with Gasteiger partial charge in [-0.1, -0.05) is 24.3 Å². The molecule has 298 valence electrons. The molecule has 0 aliphatic rings. The lowest BCUT2D eigenvalue weighted by atomic mass is 10.1. The van der Waals surface area contributed by atoms with Crippen LogP contribution in [0.5, 0.6) is 0 Å². The molecule has 1 aromatic carbocycles. The van der Waals surface area contributed by atoms with E-state index in [1.165, 1.54) is 6.33 Å². The Bertz CT molecular complexity index is 1240. The SMILES string of the molecule is CC(C)(C)OC(=O)NCCOCCOCCOCCOCCOCCOCCOCCNC(=O)CCCC(=O)NCc1ccc(-c2nncnn2)cc1. The van der Waals surface area contributed by atoms with Crippen molar-refractivity contribution in [2.24, 2.45) is 0 Å². The molecular weight excluding hydrogens is 694 g/mol. The van der Waals surface area contributed by atoms with Gasteiger partial charge in [-0.3, -0.25) is 9.59 Å². The van der Waals surface area contributed by atoms with Gasteiger partial charge in [-0.15, -0.1) is 20.4 Å². The molecule has 53 heavy (non-hydrogen) atoms. The smallest absolute Gasteiger partial charge is 0.407 e. The summed E-state index contributed by atoms with van der Waals surface area (Å²) in [6.45, 7) is 12.7. The van der Waals surface area contributed by atoms with Crippen LogP contribution in [0, 0.1) is 0 Å². The summed E-state index contributed by atoms with van der Waals surface area (Å²) in [5, 5.41) is 23.5. The van der Waals surface area contributed by atoms with Gasteiger partial charge in [0.1, 0.15) is 5.60 Å². The minimum Gasteiger partial charge on any atom is -0.444 e. The van der Waals surface area contributed by atoms with Gasteiger partial charge in [0.05, 0.1) is 92.5 Å². The lowest BCUT2D eigenvalue weighted by Crippen LogP contribution is -2.34. The Labute approximate surface area is 311 Å². The standard InChI is InChI=1S/C35H57N7O11/c1-35(2,3)53-34(45)37-12-14-47-16-18-49-20-22-51-24-26-52-25-23-50-21-19-48-17-15-46-13-11-36-31(43)5-4-6-32(44)38-27-29-7-9-30(10-8-29)33-41-39-28-40-42-33/h7-10,28H,4-6,11-27H2,1-3H3,(H,36,43)(H,37,45)(H,38,44). The predicted octanol–water partition coefficient (Wildman–Crippen LogP) is 1.48. The van der Waals surface area contributed by atoms with E-state index in [4.69, 9.17) is 37.9 Å². The number of nitrogens with one attached hydrogen (secondary N) is 3. The highest BCUT2D eigenvalue weighted by molar-refractivity contribution is 5.78. The van der Waals surface area contributed by atoms with Gasteiger partial charge in [-0.05, 0) is 32.8 Å². The molecule has 0 radical (unpaired) electrons. The molecule has 18 nitrogen and oxygen atoms in total. The van der Waals surface area contributed by atoms with Gasteiger partial charge in [0, 0.05) is 38.0 Å². The third-order valence-electron chi connectivity index (χ3n) is 6.63. The highest BCUT2D eigenvalue weighted by Crippen LogP contribution is 2.13. The average Bonchev–Trinajstić information content (AvgIpc) is 3.14. The van der Waals surface area contributed by atoms with Crippen molar-refractivity contribution in [1.82, 2.24) is 36.3 Å². The summed E-state index contributed by atoms with van der Waals surface area (Å²) in [6, 6.07) is 7.44. The van der Waals surface area contributed by atoms with Gasteiger partial charge in [-0.2, -0.15) is 0 Å². The number of carbonyl (C=O) groups is 3. The van der Waals surface area contributed by atoms with E-state index in [9.17, 15) is 14.4 Å². The highest BCUT2D eigenvalue weighted by Gasteiger charge is 2.15. The molecule has 2 rings (SSSR count). The van der Waals surface area contributed by atoms with Crippen molar-refractivity contribution in [3.05, 3.63) is 36.2 Å². The lowest BCUT2D eigenvalue weighted by molar-refractivity contribution is -0.122. The molecule has 2 aromatic rings. The van der Waals surface area contributed by atoms with Crippen LogP contribution in [0.1, 0.15) is 45.6 Å². The van der Waals surface area contributed by atoms with E-state index in [1.807, 2.05) is 45.0 Å². The first kappa shape index (κ1) is 45.2. The Kier molecular flexibility index (Phi) is 25.2. The molecule has 18 heteroatoms. The van der Waals surface area contributed by atoms with Crippen molar-refractivity contribution in [3.8, 4) is 11.4 Å². The lowest BCUT2D eigenvalue weighted by Gasteiger charge is -2.19. The van der Waals surface area contributed by atoms with Crippen molar-refractivity contribution in [2.45, 2.75) is 52.2 Å². The zero-order valence-corrected chi connectivity index (χ0v) is 31.3. The van der Waals surface area contributed by atoms with Crippen molar-refractivity contribution in [1.29, 1.82) is 0 Å². The van der Waals surface area contributed by atoms with Crippen LogP contribution in [0.4, 0.5) is 4.79 Å². The molecule has 0 aliphatic carbocycles. The van der Waals surface area contributed by atoms with Crippen molar-refractivity contribution < 1.29 is 52.3 Å². The van der Waals surface area contributed by atoms with Crippen LogP contribution in [0.25, 0.3) is 11.4 Å². The second-order valence-electron chi connectivity index (χ2n) is 12.3. The molecule has 3 N–H and O–H groups in total. The number of carbonyl (C=O) groups excluding carboxylic acids is 3. The number of alkyl carbamates (subject to hydrolysis) is 1. The monoisotopic (exact) mass is 751 g/mol. The third-order valence-corrected chi connectivity index (χ3v) is 6.63. The van der Waals surface area contributed by atoms with Crippen LogP contribution in [0.15, 0.2) is 30.6 Å². The second kappa shape index (κ2) is 29.5. The van der Waals surface area contributed by atoms with Gasteiger partial charge in [0.15, 0.2) is 6.33 Å². The first-order chi connectivity index (χ1) is 25.7. The zero-order chi connectivity index (χ0) is 38.2. The van der Waals surface area contributed by atoms with Crippen LogP contribution in [-0.4, -0.2) is 149 Å². The normalized spacial score (nSPS) is 11.3. The van der Waals surface area contributed by atoms with Gasteiger partial charge in [0.2, 0.25) is 17.6 Å². The predicted molar refractivity (Wildman–Crippen MR) is 192 cm³/mol. The summed E-state index contributed by atoms with van der Waals surface area (Å²) in [5.74, 6) is 0.192. The highest BCUT2D eigenvalue weighted by atomic mass is 16.6. The minimum atomic E-state index is -0.522. The molecule has 0 atom stereocenters. The molecule has 1 aromatic heterocycles. The van der Waals surface area contributed by atoms with Crippen LogP contribution in [-0.2, 0) is 54.0 Å². The zero-order valence-electron chi connectivity index (χ0n) is 31.3. The molecule has 0 spiro atoms. The fourth-order valence-electron chi connectivity index (χ4n) is 4.10. The molecule has 0 unspecified atom stereocenters. The van der Waals surface area contributed by atoms with Crippen molar-refractivity contribution >= 4 is 17.9 Å². The summed E-state index contributed by atoms with van der Waals surface area (Å²) in [4.78, 5) is 35.7. The number of aromatic nitrogens is 4.